The molecular formula is C14H19NO6. The van der Waals surface area contributed by atoms with Crippen molar-refractivity contribution in [2.45, 2.75) is 0 Å². The zero-order valence-corrected chi connectivity index (χ0v) is 12.1. The van der Waals surface area contributed by atoms with E-state index in [1.807, 2.05) is 0 Å². The maximum absolute atomic E-state index is 11.7. The summed E-state index contributed by atoms with van der Waals surface area (Å²) < 4.78 is 9.22. The largest absolute Gasteiger partial charge is 0.394 e. The Morgan fingerprint density at radius 1 is 0.952 bits per heavy atom. The Labute approximate surface area is 123 Å². The number of hydroxylamine groups is 2. The van der Waals surface area contributed by atoms with Crippen molar-refractivity contribution < 1.29 is 29.0 Å². The Kier molecular flexibility index (Phi) is 7.55. The van der Waals surface area contributed by atoms with E-state index in [4.69, 9.17) is 14.7 Å². The summed E-state index contributed by atoms with van der Waals surface area (Å²) in [6, 6.07) is 6.63. The summed E-state index contributed by atoms with van der Waals surface area (Å²) in [6.45, 7) is 1.06. The van der Waals surface area contributed by atoms with E-state index < -0.39 is 11.8 Å². The third-order valence-electron chi connectivity index (χ3n) is 2.56. The number of aliphatic hydroxyl groups is 1. The van der Waals surface area contributed by atoms with E-state index in [9.17, 15) is 9.59 Å². The summed E-state index contributed by atoms with van der Waals surface area (Å²) >= 11 is 0. The Balaban J connectivity index is 0.000000383. The second kappa shape index (κ2) is 9.19. The standard InChI is InChI=1S/C11H11NO4.C3H8O2/c1-15-6-7-16-12-10(13)8-4-2-3-5-9(8)11(12)14;1-5-3-2-4/h2-5H,6-7H2,1H3;4H,2-3H2,1H3. The van der Waals surface area contributed by atoms with Gasteiger partial charge in [0.2, 0.25) is 0 Å². The van der Waals surface area contributed by atoms with Crippen LogP contribution in [-0.4, -0.2) is 62.6 Å². The van der Waals surface area contributed by atoms with E-state index in [2.05, 4.69) is 4.74 Å². The number of benzene rings is 1. The van der Waals surface area contributed by atoms with Gasteiger partial charge in [-0.2, -0.15) is 0 Å². The van der Waals surface area contributed by atoms with E-state index in [0.717, 1.165) is 5.06 Å². The Hall–Kier alpha value is -1.80. The summed E-state index contributed by atoms with van der Waals surface area (Å²) in [4.78, 5) is 28.5. The number of carbonyl (C=O) groups is 2. The van der Waals surface area contributed by atoms with Gasteiger partial charge in [-0.3, -0.25) is 14.4 Å². The molecule has 0 spiro atoms. The molecule has 0 fully saturated rings. The second-order valence-electron chi connectivity index (χ2n) is 3.99. The maximum Gasteiger partial charge on any atom is 0.285 e. The van der Waals surface area contributed by atoms with Gasteiger partial charge in [-0.1, -0.05) is 12.1 Å². The van der Waals surface area contributed by atoms with Crippen LogP contribution in [0, 0.1) is 0 Å². The van der Waals surface area contributed by atoms with Gasteiger partial charge in [0.05, 0.1) is 37.6 Å². The normalized spacial score (nSPS) is 13.0. The lowest BCUT2D eigenvalue weighted by Gasteiger charge is -2.12. The van der Waals surface area contributed by atoms with Crippen molar-refractivity contribution in [2.24, 2.45) is 0 Å². The molecule has 1 N–H and O–H groups in total. The number of amides is 2. The molecule has 1 aliphatic rings. The average molecular weight is 297 g/mol. The SMILES string of the molecule is COCCO.COCCON1C(=O)c2ccccc2C1=O. The predicted octanol–water partition coefficient (Wildman–Crippen LogP) is 0.486. The van der Waals surface area contributed by atoms with Crippen LogP contribution < -0.4 is 0 Å². The van der Waals surface area contributed by atoms with Gasteiger partial charge in [-0.15, -0.1) is 5.06 Å². The molecule has 1 heterocycles. The minimum Gasteiger partial charge on any atom is -0.394 e. The van der Waals surface area contributed by atoms with E-state index in [1.165, 1.54) is 7.11 Å². The zero-order chi connectivity index (χ0) is 15.7. The van der Waals surface area contributed by atoms with E-state index >= 15 is 0 Å². The molecule has 1 aromatic carbocycles. The molecule has 0 saturated heterocycles. The molecule has 116 valence electrons. The number of aliphatic hydroxyl groups excluding tert-OH is 1. The van der Waals surface area contributed by atoms with E-state index in [0.29, 0.717) is 24.3 Å². The van der Waals surface area contributed by atoms with Crippen LogP contribution in [0.15, 0.2) is 24.3 Å². The van der Waals surface area contributed by atoms with Crippen LogP contribution in [0.2, 0.25) is 0 Å². The Morgan fingerprint density at radius 2 is 1.48 bits per heavy atom. The van der Waals surface area contributed by atoms with Gasteiger partial charge in [-0.05, 0) is 12.1 Å². The van der Waals surface area contributed by atoms with Crippen LogP contribution in [0.5, 0.6) is 0 Å². The molecule has 7 heteroatoms. The summed E-state index contributed by atoms with van der Waals surface area (Å²) in [5.41, 5.74) is 0.759. The first-order chi connectivity index (χ1) is 10.2. The smallest absolute Gasteiger partial charge is 0.285 e. The zero-order valence-electron chi connectivity index (χ0n) is 12.1. The van der Waals surface area contributed by atoms with Crippen molar-refractivity contribution in [2.75, 3.05) is 40.6 Å². The van der Waals surface area contributed by atoms with Gasteiger partial charge in [0.25, 0.3) is 11.8 Å². The van der Waals surface area contributed by atoms with Crippen molar-refractivity contribution in [1.82, 2.24) is 5.06 Å². The fourth-order valence-corrected chi connectivity index (χ4v) is 1.59. The molecule has 21 heavy (non-hydrogen) atoms. The molecule has 0 atom stereocenters. The molecule has 0 saturated carbocycles. The van der Waals surface area contributed by atoms with Crippen molar-refractivity contribution in [1.29, 1.82) is 0 Å². The number of nitrogens with zero attached hydrogens (tertiary/aromatic N) is 1. The highest BCUT2D eigenvalue weighted by atomic mass is 16.7. The van der Waals surface area contributed by atoms with Crippen molar-refractivity contribution in [3.05, 3.63) is 35.4 Å². The fourth-order valence-electron chi connectivity index (χ4n) is 1.59. The predicted molar refractivity (Wildman–Crippen MR) is 73.7 cm³/mol. The van der Waals surface area contributed by atoms with E-state index in [-0.39, 0.29) is 13.2 Å². The Bertz CT molecular complexity index is 439. The molecule has 0 bridgehead atoms. The van der Waals surface area contributed by atoms with Gasteiger partial charge in [0.1, 0.15) is 0 Å². The first-order valence-corrected chi connectivity index (χ1v) is 6.36. The lowest BCUT2D eigenvalue weighted by atomic mass is 10.1. The average Bonchev–Trinajstić information content (AvgIpc) is 2.74. The number of ether oxygens (including phenoxy) is 2. The number of carbonyl (C=O) groups excluding carboxylic acids is 2. The van der Waals surface area contributed by atoms with Gasteiger partial charge in [0.15, 0.2) is 0 Å². The molecule has 0 radical (unpaired) electrons. The monoisotopic (exact) mass is 297 g/mol. The van der Waals surface area contributed by atoms with Crippen LogP contribution in [-0.2, 0) is 14.3 Å². The van der Waals surface area contributed by atoms with Gasteiger partial charge in [-0.25, -0.2) is 0 Å². The number of fused-ring (bicyclic) bond motifs is 1. The molecule has 1 aliphatic heterocycles. The molecule has 1 aromatic rings. The quantitative estimate of drug-likeness (QED) is 0.607. The first kappa shape index (κ1) is 17.3. The molecule has 0 unspecified atom stereocenters. The van der Waals surface area contributed by atoms with Crippen LogP contribution in [0.25, 0.3) is 0 Å². The number of imide groups is 1. The Morgan fingerprint density at radius 3 is 1.86 bits per heavy atom. The van der Waals surface area contributed by atoms with Crippen LogP contribution in [0.1, 0.15) is 20.7 Å². The van der Waals surface area contributed by atoms with Crippen molar-refractivity contribution >= 4 is 11.8 Å². The third-order valence-corrected chi connectivity index (χ3v) is 2.56. The summed E-state index contributed by atoms with van der Waals surface area (Å²) in [5, 5.41) is 8.72. The highest BCUT2D eigenvalue weighted by molar-refractivity contribution is 6.20. The number of hydrogen-bond donors (Lipinski definition) is 1. The summed E-state index contributed by atoms with van der Waals surface area (Å²) in [7, 11) is 3.07. The molecule has 0 aromatic heterocycles. The number of hydrogen-bond acceptors (Lipinski definition) is 6. The van der Waals surface area contributed by atoms with Crippen LogP contribution in [0.3, 0.4) is 0 Å². The lowest BCUT2D eigenvalue weighted by Crippen LogP contribution is -2.31. The first-order valence-electron chi connectivity index (χ1n) is 6.36. The number of rotatable bonds is 6. The summed E-state index contributed by atoms with van der Waals surface area (Å²) in [5.74, 6) is -0.839. The number of methoxy groups -OCH3 is 2. The van der Waals surface area contributed by atoms with Gasteiger partial charge in [0, 0.05) is 14.2 Å². The molecule has 2 rings (SSSR count). The maximum atomic E-state index is 11.7. The topological polar surface area (TPSA) is 85.3 Å². The van der Waals surface area contributed by atoms with E-state index in [1.54, 1.807) is 31.4 Å². The fraction of sp³-hybridized carbons (Fsp3) is 0.429. The molecule has 0 aliphatic carbocycles. The minimum atomic E-state index is -0.420. The highest BCUT2D eigenvalue weighted by Gasteiger charge is 2.36. The van der Waals surface area contributed by atoms with Crippen molar-refractivity contribution in [3.8, 4) is 0 Å². The summed E-state index contributed by atoms with van der Waals surface area (Å²) in [6.07, 6.45) is 0. The lowest BCUT2D eigenvalue weighted by molar-refractivity contribution is -0.103. The third kappa shape index (κ3) is 4.61. The minimum absolute atomic E-state index is 0.122. The van der Waals surface area contributed by atoms with Crippen molar-refractivity contribution in [3.63, 3.8) is 0 Å². The van der Waals surface area contributed by atoms with Gasteiger partial charge < -0.3 is 14.6 Å². The van der Waals surface area contributed by atoms with Crippen LogP contribution >= 0.6 is 0 Å². The molecular weight excluding hydrogens is 278 g/mol. The van der Waals surface area contributed by atoms with Crippen LogP contribution in [0.4, 0.5) is 0 Å². The second-order valence-corrected chi connectivity index (χ2v) is 3.99. The highest BCUT2D eigenvalue weighted by Crippen LogP contribution is 2.22. The van der Waals surface area contributed by atoms with Gasteiger partial charge >= 0.3 is 0 Å². The molecule has 2 amide bonds. The molecule has 7 nitrogen and oxygen atoms in total.